The van der Waals surface area contributed by atoms with E-state index < -0.39 is 14.0 Å². The quantitative estimate of drug-likeness (QED) is 0.600. The van der Waals surface area contributed by atoms with Crippen LogP contribution in [0.3, 0.4) is 0 Å². The van der Waals surface area contributed by atoms with Crippen LogP contribution in [0.1, 0.15) is 13.8 Å². The van der Waals surface area contributed by atoms with E-state index in [9.17, 15) is 4.79 Å². The Morgan fingerprint density at radius 3 is 1.68 bits per heavy atom. The Balaban J connectivity index is 0. The van der Waals surface area contributed by atoms with Gasteiger partial charge in [-0.25, -0.2) is 4.79 Å². The van der Waals surface area contributed by atoms with Crippen LogP contribution in [0.2, 0.25) is 0 Å². The van der Waals surface area contributed by atoms with E-state index in [0.717, 1.165) is 0 Å². The number of carbonyl (C=O) groups is 1. The molecule has 1 aromatic rings. The van der Waals surface area contributed by atoms with Gasteiger partial charge in [-0.1, -0.05) is 32.0 Å². The smallest absolute Gasteiger partial charge is 0.409 e. The van der Waals surface area contributed by atoms with E-state index in [1.165, 1.54) is 0 Å². The van der Waals surface area contributed by atoms with Crippen molar-refractivity contribution >= 4 is 25.6 Å². The second-order valence-electron chi connectivity index (χ2n) is 2.42. The molecule has 1 aromatic carbocycles. The minimum Gasteiger partial charge on any atom is -0.415 e. The summed E-state index contributed by atoms with van der Waals surface area (Å²) < 4.78 is 18.5. The summed E-state index contributed by atoms with van der Waals surface area (Å²) in [6.45, 7) is 4.00. The number of benzene rings is 1. The van der Waals surface area contributed by atoms with Gasteiger partial charge in [0.2, 0.25) is 0 Å². The third kappa shape index (κ3) is 13.5. The Hall–Kier alpha value is -0.710. The number of rotatable bonds is 4. The average molecular weight is 311 g/mol. The van der Waals surface area contributed by atoms with Crippen LogP contribution in [0.25, 0.3) is 0 Å². The van der Waals surface area contributed by atoms with Crippen molar-refractivity contribution in [3.63, 3.8) is 0 Å². The van der Waals surface area contributed by atoms with Crippen LogP contribution in [0, 0.1) is 0 Å². The molecule has 0 bridgehead atoms. The molecule has 7 heteroatoms. The van der Waals surface area contributed by atoms with Crippen LogP contribution in [-0.4, -0.2) is 26.8 Å². The van der Waals surface area contributed by atoms with E-state index in [1.54, 1.807) is 45.6 Å². The molecule has 0 aromatic heterocycles. The van der Waals surface area contributed by atoms with Gasteiger partial charge in [0.15, 0.2) is 0 Å². The van der Waals surface area contributed by atoms with Gasteiger partial charge in [-0.15, -0.1) is 0 Å². The lowest BCUT2D eigenvalue weighted by molar-refractivity contribution is 0.225. The van der Waals surface area contributed by atoms with Crippen molar-refractivity contribution in [2.24, 2.45) is 0 Å². The van der Waals surface area contributed by atoms with Crippen molar-refractivity contribution in [3.8, 4) is 5.75 Å². The molecule has 0 saturated carbocycles. The molecule has 0 aliphatic carbocycles. The molecule has 0 spiro atoms. The number of ether oxygens (including phenoxy) is 1. The predicted octanol–water partition coefficient (Wildman–Crippen LogP) is 4.60. The molecule has 0 radical (unpaired) electrons. The minimum atomic E-state index is -1.05. The van der Waals surface area contributed by atoms with E-state index in [1.807, 2.05) is 19.9 Å². The van der Waals surface area contributed by atoms with Gasteiger partial charge in [-0.2, -0.15) is 0 Å². The molecule has 0 saturated heterocycles. The van der Waals surface area contributed by atoms with Crippen LogP contribution in [0.5, 0.6) is 5.75 Å². The van der Waals surface area contributed by atoms with Crippen LogP contribution in [-0.2, 0) is 13.6 Å². The molecule has 0 amide bonds. The second-order valence-corrected chi connectivity index (χ2v) is 4.28. The molecule has 0 heterocycles. The number of halogens is 1. The van der Waals surface area contributed by atoms with Gasteiger partial charge in [0.05, 0.1) is 0 Å². The van der Waals surface area contributed by atoms with Gasteiger partial charge >= 0.3 is 14.0 Å². The fourth-order valence-electron chi connectivity index (χ4n) is 0.805. The van der Waals surface area contributed by atoms with E-state index in [4.69, 9.17) is 11.6 Å². The molecule has 1 rings (SSSR count). The zero-order valence-electron chi connectivity index (χ0n) is 11.8. The Morgan fingerprint density at radius 2 is 1.42 bits per heavy atom. The van der Waals surface area contributed by atoms with E-state index in [0.29, 0.717) is 5.75 Å². The van der Waals surface area contributed by atoms with Crippen molar-refractivity contribution in [1.82, 2.24) is 0 Å². The molecule has 0 unspecified atom stereocenters. The molecule has 0 fully saturated rings. The molecule has 0 aliphatic heterocycles. The predicted molar refractivity (Wildman–Crippen MR) is 77.6 cm³/mol. The number of carbonyl (C=O) groups excluding carboxylic acids is 1. The first-order valence-corrected chi connectivity index (χ1v) is 6.96. The number of hydrogen-bond donors (Lipinski definition) is 0. The lowest BCUT2D eigenvalue weighted by atomic mass is 10.3. The van der Waals surface area contributed by atoms with E-state index >= 15 is 0 Å². The van der Waals surface area contributed by atoms with Crippen molar-refractivity contribution in [2.45, 2.75) is 13.8 Å². The van der Waals surface area contributed by atoms with Crippen LogP contribution < -0.4 is 4.74 Å². The summed E-state index contributed by atoms with van der Waals surface area (Å²) in [4.78, 5) is 10.2. The first-order chi connectivity index (χ1) is 9.13. The Bertz CT molecular complexity index is 301. The zero-order chi connectivity index (χ0) is 15.1. The van der Waals surface area contributed by atoms with Crippen molar-refractivity contribution in [3.05, 3.63) is 30.3 Å². The fourth-order valence-corrected chi connectivity index (χ4v) is 1.34. The summed E-state index contributed by atoms with van der Waals surface area (Å²) in [6, 6.07) is 8.65. The number of hydrogen-bond acceptors (Lipinski definition) is 5. The Kier molecular flexibility index (Phi) is 16.6. The maximum atomic E-state index is 10.2. The highest BCUT2D eigenvalue weighted by Gasteiger charge is 2.00. The van der Waals surface area contributed by atoms with Gasteiger partial charge in [0.1, 0.15) is 5.75 Å². The van der Waals surface area contributed by atoms with Crippen LogP contribution in [0.4, 0.5) is 4.79 Å². The molecule has 0 aliphatic rings. The molecule has 19 heavy (non-hydrogen) atoms. The highest BCUT2D eigenvalue weighted by Crippen LogP contribution is 2.35. The maximum absolute atomic E-state index is 10.2. The third-order valence-corrected chi connectivity index (χ3v) is 2.36. The van der Waals surface area contributed by atoms with E-state index in [-0.39, 0.29) is 0 Å². The first kappa shape index (κ1) is 20.6. The molecule has 0 atom stereocenters. The molecular weight excluding hydrogens is 291 g/mol. The van der Waals surface area contributed by atoms with Crippen LogP contribution in [0.15, 0.2) is 30.3 Å². The standard InChI is InChI=1S/C7H5ClO2.C3H9O3P.C2H6/c8-7(9)10-6-4-2-1-3-5-6;1-4-7(5-2)6-3;1-2/h1-5H;1-3H3;1-2H3. The lowest BCUT2D eigenvalue weighted by Crippen LogP contribution is -1.94. The average Bonchev–Trinajstić information content (AvgIpc) is 2.44. The summed E-state index contributed by atoms with van der Waals surface area (Å²) in [5.74, 6) is 0.461. The van der Waals surface area contributed by atoms with E-state index in [2.05, 4.69) is 18.3 Å². The summed E-state index contributed by atoms with van der Waals surface area (Å²) >= 11 is 4.95. The summed E-state index contributed by atoms with van der Waals surface area (Å²) in [5, 5.41) is 0. The highest BCUT2D eigenvalue weighted by atomic mass is 35.5. The minimum absolute atomic E-state index is 0.461. The van der Waals surface area contributed by atoms with Gasteiger partial charge < -0.3 is 18.3 Å². The second kappa shape index (κ2) is 15.3. The largest absolute Gasteiger partial charge is 0.415 e. The van der Waals surface area contributed by atoms with Gasteiger partial charge in [0, 0.05) is 32.9 Å². The molecule has 110 valence electrons. The summed E-state index contributed by atoms with van der Waals surface area (Å²) in [5.41, 5.74) is -0.814. The van der Waals surface area contributed by atoms with Crippen molar-refractivity contribution in [1.29, 1.82) is 0 Å². The number of para-hydroxylation sites is 1. The molecule has 0 N–H and O–H groups in total. The summed E-state index contributed by atoms with van der Waals surface area (Å²) in [7, 11) is 3.57. The molecule has 5 nitrogen and oxygen atoms in total. The summed E-state index contributed by atoms with van der Waals surface area (Å²) in [6.07, 6.45) is 0. The Labute approximate surface area is 120 Å². The van der Waals surface area contributed by atoms with Crippen molar-refractivity contribution < 1.29 is 23.1 Å². The monoisotopic (exact) mass is 310 g/mol. The normalized spacial score (nSPS) is 8.79. The molecular formula is C12H20ClO5P. The Morgan fingerprint density at radius 1 is 1.00 bits per heavy atom. The topological polar surface area (TPSA) is 54.0 Å². The van der Waals surface area contributed by atoms with Gasteiger partial charge in [-0.05, 0) is 12.1 Å². The maximum Gasteiger partial charge on any atom is 0.409 e. The SMILES string of the molecule is CC.COP(OC)OC.O=C(Cl)Oc1ccccc1. The highest BCUT2D eigenvalue weighted by molar-refractivity contribution is 7.41. The van der Waals surface area contributed by atoms with Crippen LogP contribution >= 0.6 is 20.2 Å². The van der Waals surface area contributed by atoms with Gasteiger partial charge in [-0.3, -0.25) is 0 Å². The fraction of sp³-hybridized carbons (Fsp3) is 0.417. The third-order valence-electron chi connectivity index (χ3n) is 1.39. The zero-order valence-corrected chi connectivity index (χ0v) is 13.4. The van der Waals surface area contributed by atoms with Gasteiger partial charge in [0.25, 0.3) is 0 Å². The first-order valence-electron chi connectivity index (χ1n) is 5.48. The van der Waals surface area contributed by atoms with Crippen molar-refractivity contribution in [2.75, 3.05) is 21.3 Å². The lowest BCUT2D eigenvalue weighted by Gasteiger charge is -2.05.